The van der Waals surface area contributed by atoms with Crippen LogP contribution in [-0.4, -0.2) is 6.10 Å². The van der Waals surface area contributed by atoms with E-state index >= 15 is 0 Å². The van der Waals surface area contributed by atoms with Crippen LogP contribution in [0.5, 0.6) is 0 Å². The molecular formula is C17H19NOS. The van der Waals surface area contributed by atoms with Gasteiger partial charge in [0.1, 0.15) is 6.10 Å². The maximum absolute atomic E-state index is 6.47. The lowest BCUT2D eigenvalue weighted by atomic mass is 9.80. The number of hydrogen-bond acceptors (Lipinski definition) is 3. The highest BCUT2D eigenvalue weighted by Gasteiger charge is 2.38. The Morgan fingerprint density at radius 2 is 1.90 bits per heavy atom. The fraction of sp³-hybridized carbons (Fsp3) is 0.412. The van der Waals surface area contributed by atoms with Crippen molar-refractivity contribution in [1.82, 2.24) is 0 Å². The van der Waals surface area contributed by atoms with Gasteiger partial charge in [-0.25, -0.2) is 0 Å². The molecule has 0 spiro atoms. The number of fused-ring (bicyclic) bond motifs is 3. The number of nitrogen functional groups attached to an aromatic ring is 1. The van der Waals surface area contributed by atoms with Crippen molar-refractivity contribution in [1.29, 1.82) is 0 Å². The molecular weight excluding hydrogens is 266 g/mol. The van der Waals surface area contributed by atoms with Crippen LogP contribution in [-0.2, 0) is 4.74 Å². The van der Waals surface area contributed by atoms with E-state index in [1.165, 1.54) is 36.1 Å². The molecule has 3 atom stereocenters. The van der Waals surface area contributed by atoms with Crippen LogP contribution in [0.15, 0.2) is 35.7 Å². The molecule has 3 heteroatoms. The third-order valence-corrected chi connectivity index (χ3v) is 5.70. The van der Waals surface area contributed by atoms with E-state index in [1.807, 2.05) is 29.5 Å². The summed E-state index contributed by atoms with van der Waals surface area (Å²) >= 11 is 1.89. The summed E-state index contributed by atoms with van der Waals surface area (Å²) in [6.07, 6.45) is 5.48. The first-order valence-electron chi connectivity index (χ1n) is 7.42. The van der Waals surface area contributed by atoms with Crippen LogP contribution in [0.4, 0.5) is 5.69 Å². The molecule has 0 saturated heterocycles. The third-order valence-electron chi connectivity index (χ3n) is 4.64. The Hall–Kier alpha value is -1.32. The highest BCUT2D eigenvalue weighted by molar-refractivity contribution is 7.10. The summed E-state index contributed by atoms with van der Waals surface area (Å²) in [7, 11) is 0. The highest BCUT2D eigenvalue weighted by Crippen LogP contribution is 2.49. The van der Waals surface area contributed by atoms with E-state index < -0.39 is 0 Å². The second kappa shape index (κ2) is 4.90. The van der Waals surface area contributed by atoms with Gasteiger partial charge in [0.05, 0.1) is 6.10 Å². The summed E-state index contributed by atoms with van der Waals surface area (Å²) < 4.78 is 6.47. The molecule has 20 heavy (non-hydrogen) atoms. The van der Waals surface area contributed by atoms with Crippen molar-refractivity contribution in [3.05, 3.63) is 51.7 Å². The van der Waals surface area contributed by atoms with Gasteiger partial charge in [0.25, 0.3) is 0 Å². The standard InChI is InChI=1S/C17H19NOS/c18-14-7-3-1-5-11(14)16-13-9-10-20-17(13)12-6-2-4-8-15(12)19-16/h1,3,5,7,9-10,12,15-16H,2,4,6,8,18H2/t12-,15+,16-/m1/s1. The molecule has 1 aliphatic carbocycles. The van der Waals surface area contributed by atoms with Gasteiger partial charge in [0.15, 0.2) is 0 Å². The van der Waals surface area contributed by atoms with Gasteiger partial charge >= 0.3 is 0 Å². The monoisotopic (exact) mass is 285 g/mol. The quantitative estimate of drug-likeness (QED) is 0.784. The minimum Gasteiger partial charge on any atom is -0.398 e. The van der Waals surface area contributed by atoms with Crippen LogP contribution in [0.1, 0.15) is 53.7 Å². The van der Waals surface area contributed by atoms with Crippen LogP contribution in [0.25, 0.3) is 0 Å². The maximum Gasteiger partial charge on any atom is 0.111 e. The first-order valence-corrected chi connectivity index (χ1v) is 8.29. The number of para-hydroxylation sites is 1. The first kappa shape index (κ1) is 12.4. The lowest BCUT2D eigenvalue weighted by Gasteiger charge is -2.39. The number of rotatable bonds is 1. The van der Waals surface area contributed by atoms with Gasteiger partial charge < -0.3 is 10.5 Å². The summed E-state index contributed by atoms with van der Waals surface area (Å²) in [6.45, 7) is 0. The molecule has 104 valence electrons. The molecule has 0 bridgehead atoms. The highest BCUT2D eigenvalue weighted by atomic mass is 32.1. The zero-order chi connectivity index (χ0) is 13.5. The molecule has 0 unspecified atom stereocenters. The lowest BCUT2D eigenvalue weighted by Crippen LogP contribution is -2.32. The molecule has 1 aliphatic heterocycles. The molecule has 0 radical (unpaired) electrons. The molecule has 1 aromatic carbocycles. The molecule has 1 aromatic heterocycles. The summed E-state index contributed by atoms with van der Waals surface area (Å²) in [5.41, 5.74) is 9.47. The van der Waals surface area contributed by atoms with Crippen molar-refractivity contribution in [3.8, 4) is 0 Å². The van der Waals surface area contributed by atoms with E-state index in [-0.39, 0.29) is 6.10 Å². The van der Waals surface area contributed by atoms with Gasteiger partial charge in [-0.1, -0.05) is 31.0 Å². The third kappa shape index (κ3) is 1.88. The summed E-state index contributed by atoms with van der Waals surface area (Å²) in [5.74, 6) is 0.611. The summed E-state index contributed by atoms with van der Waals surface area (Å²) in [4.78, 5) is 1.54. The van der Waals surface area contributed by atoms with E-state index in [0.717, 1.165) is 11.3 Å². The van der Waals surface area contributed by atoms with Crippen molar-refractivity contribution in [2.75, 3.05) is 5.73 Å². The Morgan fingerprint density at radius 1 is 1.05 bits per heavy atom. The summed E-state index contributed by atoms with van der Waals surface area (Å²) in [5, 5.41) is 2.21. The average Bonchev–Trinajstić information content (AvgIpc) is 2.97. The van der Waals surface area contributed by atoms with Crippen LogP contribution in [0.3, 0.4) is 0 Å². The molecule has 4 rings (SSSR count). The van der Waals surface area contributed by atoms with Crippen LogP contribution in [0.2, 0.25) is 0 Å². The Morgan fingerprint density at radius 3 is 2.80 bits per heavy atom. The number of thiophene rings is 1. The fourth-order valence-corrected chi connectivity index (χ4v) is 4.76. The van der Waals surface area contributed by atoms with Crippen molar-refractivity contribution in [2.45, 2.75) is 43.8 Å². The number of ether oxygens (including phenoxy) is 1. The second-order valence-corrected chi connectivity index (χ2v) is 6.76. The largest absolute Gasteiger partial charge is 0.398 e. The number of hydrogen-bond donors (Lipinski definition) is 1. The van der Waals surface area contributed by atoms with E-state index in [0.29, 0.717) is 12.0 Å². The fourth-order valence-electron chi connectivity index (χ4n) is 3.65. The van der Waals surface area contributed by atoms with Gasteiger partial charge in [-0.15, -0.1) is 11.3 Å². The lowest BCUT2D eigenvalue weighted by molar-refractivity contribution is -0.0371. The van der Waals surface area contributed by atoms with E-state index in [1.54, 1.807) is 0 Å². The second-order valence-electron chi connectivity index (χ2n) is 5.81. The smallest absolute Gasteiger partial charge is 0.111 e. The van der Waals surface area contributed by atoms with Gasteiger partial charge in [-0.3, -0.25) is 0 Å². The summed E-state index contributed by atoms with van der Waals surface area (Å²) in [6, 6.07) is 10.3. The van der Waals surface area contributed by atoms with E-state index in [9.17, 15) is 0 Å². The average molecular weight is 285 g/mol. The maximum atomic E-state index is 6.47. The topological polar surface area (TPSA) is 35.2 Å². The zero-order valence-corrected chi connectivity index (χ0v) is 12.2. The van der Waals surface area contributed by atoms with Gasteiger partial charge in [-0.2, -0.15) is 0 Å². The number of anilines is 1. The minimum absolute atomic E-state index is 0.0248. The predicted molar refractivity (Wildman–Crippen MR) is 83.1 cm³/mol. The Balaban J connectivity index is 1.80. The first-order chi connectivity index (χ1) is 9.84. The van der Waals surface area contributed by atoms with Crippen molar-refractivity contribution in [2.24, 2.45) is 0 Å². The predicted octanol–water partition coefficient (Wildman–Crippen LogP) is 4.48. The van der Waals surface area contributed by atoms with Gasteiger partial charge in [-0.05, 0) is 35.9 Å². The molecule has 1 saturated carbocycles. The molecule has 2 aliphatic rings. The van der Waals surface area contributed by atoms with Crippen molar-refractivity contribution < 1.29 is 4.74 Å². The Bertz CT molecular complexity index is 621. The van der Waals surface area contributed by atoms with Crippen molar-refractivity contribution >= 4 is 17.0 Å². The van der Waals surface area contributed by atoms with Crippen LogP contribution < -0.4 is 5.73 Å². The Labute approximate surface area is 123 Å². The van der Waals surface area contributed by atoms with Crippen LogP contribution >= 0.6 is 11.3 Å². The molecule has 2 nitrogen and oxygen atoms in total. The van der Waals surface area contributed by atoms with Gasteiger partial charge in [0.2, 0.25) is 0 Å². The molecule has 2 heterocycles. The molecule has 0 amide bonds. The SMILES string of the molecule is Nc1ccccc1[C@H]1O[C@H]2CCCC[C@H]2c2sccc21. The molecule has 2 N–H and O–H groups in total. The van der Waals surface area contributed by atoms with Crippen LogP contribution in [0, 0.1) is 0 Å². The van der Waals surface area contributed by atoms with E-state index in [2.05, 4.69) is 17.5 Å². The minimum atomic E-state index is 0.0248. The van der Waals surface area contributed by atoms with Gasteiger partial charge in [0, 0.05) is 22.0 Å². The number of benzene rings is 1. The molecule has 2 aromatic rings. The van der Waals surface area contributed by atoms with E-state index in [4.69, 9.17) is 10.5 Å². The van der Waals surface area contributed by atoms with Crippen molar-refractivity contribution in [3.63, 3.8) is 0 Å². The normalized spacial score (nSPS) is 28.7. The number of nitrogens with two attached hydrogens (primary N) is 1. The zero-order valence-electron chi connectivity index (χ0n) is 11.4. The molecule has 1 fully saturated rings. The Kier molecular flexibility index (Phi) is 3.04.